The lowest BCUT2D eigenvalue weighted by atomic mass is 9.77. The van der Waals surface area contributed by atoms with Crippen molar-refractivity contribution in [3.63, 3.8) is 0 Å². The monoisotopic (exact) mass is 304 g/mol. The standard InChI is InChI=1S/C18H28N2O2/c1-3-18(14-21)8-10-20(11-9-18)13-17(22)19-12-16-6-4-15(2)5-7-16/h4-7,21H,3,8-14H2,1-2H3,(H,19,22). The molecule has 1 heterocycles. The summed E-state index contributed by atoms with van der Waals surface area (Å²) in [5.41, 5.74) is 2.43. The van der Waals surface area contributed by atoms with Crippen LogP contribution in [0.4, 0.5) is 0 Å². The summed E-state index contributed by atoms with van der Waals surface area (Å²) in [7, 11) is 0. The summed E-state index contributed by atoms with van der Waals surface area (Å²) in [4.78, 5) is 14.2. The van der Waals surface area contributed by atoms with Crippen LogP contribution in [0.5, 0.6) is 0 Å². The van der Waals surface area contributed by atoms with Gasteiger partial charge >= 0.3 is 0 Å². The molecule has 2 N–H and O–H groups in total. The van der Waals surface area contributed by atoms with Gasteiger partial charge in [-0.3, -0.25) is 9.69 Å². The van der Waals surface area contributed by atoms with Crippen molar-refractivity contribution < 1.29 is 9.90 Å². The van der Waals surface area contributed by atoms with E-state index in [0.29, 0.717) is 13.1 Å². The first-order valence-corrected chi connectivity index (χ1v) is 8.22. The summed E-state index contributed by atoms with van der Waals surface area (Å²) >= 11 is 0. The number of aliphatic hydroxyl groups excluding tert-OH is 1. The summed E-state index contributed by atoms with van der Waals surface area (Å²) in [6, 6.07) is 8.22. The first kappa shape index (κ1) is 17.0. The summed E-state index contributed by atoms with van der Waals surface area (Å²) in [5, 5.41) is 12.5. The number of carbonyl (C=O) groups is 1. The molecule has 0 bridgehead atoms. The number of carbonyl (C=O) groups excluding carboxylic acids is 1. The van der Waals surface area contributed by atoms with Gasteiger partial charge in [0, 0.05) is 13.2 Å². The normalized spacial score (nSPS) is 18.1. The van der Waals surface area contributed by atoms with Gasteiger partial charge in [-0.1, -0.05) is 36.8 Å². The zero-order chi connectivity index (χ0) is 16.0. The number of nitrogens with one attached hydrogen (secondary N) is 1. The lowest BCUT2D eigenvalue weighted by molar-refractivity contribution is -0.123. The molecule has 0 saturated carbocycles. The topological polar surface area (TPSA) is 52.6 Å². The molecule has 2 rings (SSSR count). The highest BCUT2D eigenvalue weighted by molar-refractivity contribution is 5.78. The van der Waals surface area contributed by atoms with E-state index in [0.717, 1.165) is 37.9 Å². The zero-order valence-corrected chi connectivity index (χ0v) is 13.8. The summed E-state index contributed by atoms with van der Waals surface area (Å²) in [6.07, 6.45) is 2.97. The van der Waals surface area contributed by atoms with Crippen molar-refractivity contribution in [3.05, 3.63) is 35.4 Å². The highest BCUT2D eigenvalue weighted by Crippen LogP contribution is 2.33. The fourth-order valence-corrected chi connectivity index (χ4v) is 2.97. The molecule has 1 amide bonds. The van der Waals surface area contributed by atoms with Crippen LogP contribution in [0.1, 0.15) is 37.3 Å². The molecular formula is C18H28N2O2. The second kappa shape index (κ2) is 7.75. The molecule has 4 nitrogen and oxygen atoms in total. The minimum Gasteiger partial charge on any atom is -0.396 e. The zero-order valence-electron chi connectivity index (χ0n) is 13.8. The van der Waals surface area contributed by atoms with Gasteiger partial charge in [0.1, 0.15) is 0 Å². The minimum absolute atomic E-state index is 0.0774. The molecule has 122 valence electrons. The van der Waals surface area contributed by atoms with E-state index in [4.69, 9.17) is 0 Å². The van der Waals surface area contributed by atoms with Crippen LogP contribution in [0, 0.1) is 12.3 Å². The molecule has 0 spiro atoms. The van der Waals surface area contributed by atoms with Crippen molar-refractivity contribution >= 4 is 5.91 Å². The molecule has 0 unspecified atom stereocenters. The lowest BCUT2D eigenvalue weighted by Gasteiger charge is -2.39. The quantitative estimate of drug-likeness (QED) is 0.846. The first-order chi connectivity index (χ1) is 10.6. The number of aryl methyl sites for hydroxylation is 1. The Kier molecular flexibility index (Phi) is 5.98. The number of amides is 1. The van der Waals surface area contributed by atoms with Crippen LogP contribution in [0.2, 0.25) is 0 Å². The van der Waals surface area contributed by atoms with Gasteiger partial charge in [-0.25, -0.2) is 0 Å². The fraction of sp³-hybridized carbons (Fsp3) is 0.611. The molecule has 4 heteroatoms. The smallest absolute Gasteiger partial charge is 0.234 e. The van der Waals surface area contributed by atoms with Gasteiger partial charge in [-0.2, -0.15) is 0 Å². The van der Waals surface area contributed by atoms with Crippen molar-refractivity contribution in [2.75, 3.05) is 26.2 Å². The summed E-state index contributed by atoms with van der Waals surface area (Å²) in [6.45, 7) is 7.29. The summed E-state index contributed by atoms with van der Waals surface area (Å²) < 4.78 is 0. The van der Waals surface area contributed by atoms with E-state index in [1.54, 1.807) is 0 Å². The van der Waals surface area contributed by atoms with E-state index in [-0.39, 0.29) is 17.9 Å². The molecule has 1 saturated heterocycles. The van der Waals surface area contributed by atoms with E-state index in [9.17, 15) is 9.90 Å². The molecule has 1 aromatic rings. The van der Waals surface area contributed by atoms with Gasteiger partial charge < -0.3 is 10.4 Å². The molecule has 0 radical (unpaired) electrons. The Morgan fingerprint density at radius 3 is 2.45 bits per heavy atom. The lowest BCUT2D eigenvalue weighted by Crippen LogP contribution is -2.45. The third kappa shape index (κ3) is 4.55. The van der Waals surface area contributed by atoms with Gasteiger partial charge in [0.2, 0.25) is 5.91 Å². The molecule has 22 heavy (non-hydrogen) atoms. The van der Waals surface area contributed by atoms with Crippen molar-refractivity contribution in [2.24, 2.45) is 5.41 Å². The Morgan fingerprint density at radius 2 is 1.91 bits per heavy atom. The van der Waals surface area contributed by atoms with Crippen molar-refractivity contribution in [1.82, 2.24) is 10.2 Å². The van der Waals surface area contributed by atoms with Crippen LogP contribution in [-0.4, -0.2) is 42.2 Å². The Bertz CT molecular complexity index is 470. The van der Waals surface area contributed by atoms with Crippen LogP contribution in [0.25, 0.3) is 0 Å². The number of hydrogen-bond acceptors (Lipinski definition) is 3. The molecular weight excluding hydrogens is 276 g/mol. The van der Waals surface area contributed by atoms with Gasteiger partial charge in [-0.15, -0.1) is 0 Å². The average Bonchev–Trinajstić information content (AvgIpc) is 2.55. The van der Waals surface area contributed by atoms with Crippen LogP contribution < -0.4 is 5.32 Å². The number of rotatable bonds is 6. The fourth-order valence-electron chi connectivity index (χ4n) is 2.97. The summed E-state index contributed by atoms with van der Waals surface area (Å²) in [5.74, 6) is 0.0774. The van der Waals surface area contributed by atoms with E-state index in [1.807, 2.05) is 12.1 Å². The molecule has 0 atom stereocenters. The highest BCUT2D eigenvalue weighted by Gasteiger charge is 2.32. The van der Waals surface area contributed by atoms with E-state index in [1.165, 1.54) is 5.56 Å². The third-order valence-corrected chi connectivity index (χ3v) is 4.98. The van der Waals surface area contributed by atoms with Gasteiger partial charge in [0.05, 0.1) is 6.54 Å². The van der Waals surface area contributed by atoms with Crippen LogP contribution in [-0.2, 0) is 11.3 Å². The Labute approximate surface area is 133 Å². The van der Waals surface area contributed by atoms with E-state index >= 15 is 0 Å². The number of hydrogen-bond donors (Lipinski definition) is 2. The maximum atomic E-state index is 12.0. The Hall–Kier alpha value is -1.39. The van der Waals surface area contributed by atoms with Crippen LogP contribution in [0.15, 0.2) is 24.3 Å². The SMILES string of the molecule is CCC1(CO)CCN(CC(=O)NCc2ccc(C)cc2)CC1. The maximum absolute atomic E-state index is 12.0. The molecule has 1 fully saturated rings. The van der Waals surface area contributed by atoms with Crippen LogP contribution >= 0.6 is 0 Å². The van der Waals surface area contributed by atoms with Gasteiger partial charge in [0.25, 0.3) is 0 Å². The minimum atomic E-state index is 0.0774. The Balaban J connectivity index is 1.73. The maximum Gasteiger partial charge on any atom is 0.234 e. The van der Waals surface area contributed by atoms with Gasteiger partial charge in [-0.05, 0) is 50.3 Å². The van der Waals surface area contributed by atoms with Crippen molar-refractivity contribution in [1.29, 1.82) is 0 Å². The van der Waals surface area contributed by atoms with Crippen molar-refractivity contribution in [3.8, 4) is 0 Å². The largest absolute Gasteiger partial charge is 0.396 e. The molecule has 1 aliphatic rings. The van der Waals surface area contributed by atoms with E-state index in [2.05, 4.69) is 36.2 Å². The second-order valence-electron chi connectivity index (χ2n) is 6.55. The predicted molar refractivity (Wildman–Crippen MR) is 88.5 cm³/mol. The number of likely N-dealkylation sites (tertiary alicyclic amines) is 1. The third-order valence-electron chi connectivity index (χ3n) is 4.98. The average molecular weight is 304 g/mol. The van der Waals surface area contributed by atoms with E-state index < -0.39 is 0 Å². The molecule has 0 aromatic heterocycles. The molecule has 0 aliphatic carbocycles. The van der Waals surface area contributed by atoms with Crippen molar-refractivity contribution in [2.45, 2.75) is 39.7 Å². The highest BCUT2D eigenvalue weighted by atomic mass is 16.3. The van der Waals surface area contributed by atoms with Gasteiger partial charge in [0.15, 0.2) is 0 Å². The number of benzene rings is 1. The number of nitrogens with zero attached hydrogens (tertiary/aromatic N) is 1. The number of piperidine rings is 1. The molecule has 1 aromatic carbocycles. The molecule has 1 aliphatic heterocycles. The number of aliphatic hydroxyl groups is 1. The first-order valence-electron chi connectivity index (χ1n) is 8.22. The Morgan fingerprint density at radius 1 is 1.27 bits per heavy atom. The second-order valence-corrected chi connectivity index (χ2v) is 6.55. The van der Waals surface area contributed by atoms with Crippen LogP contribution in [0.3, 0.4) is 0 Å². The predicted octanol–water partition coefficient (Wildman–Crippen LogP) is 2.10.